The van der Waals surface area contributed by atoms with Crippen LogP contribution in [0.25, 0.3) is 75.8 Å². The Kier molecular flexibility index (Phi) is 8.79. The third-order valence-electron chi connectivity index (χ3n) is 10.7. The summed E-state index contributed by atoms with van der Waals surface area (Å²) in [5.74, 6) is 0. The van der Waals surface area contributed by atoms with Crippen molar-refractivity contribution in [1.29, 1.82) is 0 Å². The molecule has 0 unspecified atom stereocenters. The van der Waals surface area contributed by atoms with Gasteiger partial charge in [-0.15, -0.1) is 11.3 Å². The molecule has 2 heteroatoms. The fourth-order valence-corrected chi connectivity index (χ4v) is 9.01. The summed E-state index contributed by atoms with van der Waals surface area (Å²) in [7, 11) is 0. The number of benzene rings is 9. The Morgan fingerprint density at radius 3 is 1.27 bits per heavy atom. The Morgan fingerprint density at radius 1 is 0.250 bits per heavy atom. The van der Waals surface area contributed by atoms with Crippen molar-refractivity contribution in [1.82, 2.24) is 0 Å². The SMILES string of the molecule is c1ccc(-c2ccc(N(c3ccc(-c4cccc(-c5ccc6c(c5)sc5ccccc56)c4)cc3)c3ccc(-c4ccccc4-c4ccccc4)cc3)cc2)cc1. The molecular weight excluding hydrogens is 695 g/mol. The second kappa shape index (κ2) is 14.7. The summed E-state index contributed by atoms with van der Waals surface area (Å²) in [6, 6.07) is 81.2. The maximum atomic E-state index is 2.35. The normalized spacial score (nSPS) is 11.2. The highest BCUT2D eigenvalue weighted by molar-refractivity contribution is 7.25. The van der Waals surface area contributed by atoms with E-state index in [0.717, 1.165) is 17.1 Å². The molecule has 0 radical (unpaired) electrons. The lowest BCUT2D eigenvalue weighted by Gasteiger charge is -2.26. The van der Waals surface area contributed by atoms with Crippen LogP contribution in [0.3, 0.4) is 0 Å². The first-order valence-corrected chi connectivity index (χ1v) is 19.9. The predicted molar refractivity (Wildman–Crippen MR) is 241 cm³/mol. The van der Waals surface area contributed by atoms with Crippen molar-refractivity contribution in [3.63, 3.8) is 0 Å². The summed E-state index contributed by atoms with van der Waals surface area (Å²) in [6.07, 6.45) is 0. The summed E-state index contributed by atoms with van der Waals surface area (Å²) < 4.78 is 2.66. The van der Waals surface area contributed by atoms with Gasteiger partial charge in [-0.3, -0.25) is 0 Å². The van der Waals surface area contributed by atoms with Crippen LogP contribution in [0.2, 0.25) is 0 Å². The number of rotatable bonds is 8. The smallest absolute Gasteiger partial charge is 0.0462 e. The lowest BCUT2D eigenvalue weighted by molar-refractivity contribution is 1.28. The monoisotopic (exact) mass is 731 g/mol. The maximum absolute atomic E-state index is 2.35. The second-order valence-electron chi connectivity index (χ2n) is 14.1. The molecule has 0 aliphatic rings. The molecule has 56 heavy (non-hydrogen) atoms. The van der Waals surface area contributed by atoms with Crippen molar-refractivity contribution in [2.75, 3.05) is 4.90 Å². The average Bonchev–Trinajstić information content (AvgIpc) is 3.66. The van der Waals surface area contributed by atoms with E-state index in [0.29, 0.717) is 0 Å². The quantitative estimate of drug-likeness (QED) is 0.150. The number of hydrogen-bond donors (Lipinski definition) is 0. The van der Waals surface area contributed by atoms with Gasteiger partial charge in [0, 0.05) is 37.2 Å². The highest BCUT2D eigenvalue weighted by Crippen LogP contribution is 2.40. The molecule has 9 aromatic carbocycles. The van der Waals surface area contributed by atoms with Crippen molar-refractivity contribution in [2.24, 2.45) is 0 Å². The second-order valence-corrected chi connectivity index (χ2v) is 15.2. The first kappa shape index (κ1) is 33.6. The van der Waals surface area contributed by atoms with Crippen molar-refractivity contribution in [2.45, 2.75) is 0 Å². The number of thiophene rings is 1. The molecule has 1 nitrogen and oxygen atoms in total. The largest absolute Gasteiger partial charge is 0.311 e. The fraction of sp³-hybridized carbons (Fsp3) is 0. The Morgan fingerprint density at radius 2 is 0.643 bits per heavy atom. The topological polar surface area (TPSA) is 3.24 Å². The molecule has 10 aromatic rings. The minimum absolute atomic E-state index is 1.10. The van der Waals surface area contributed by atoms with Gasteiger partial charge in [0.25, 0.3) is 0 Å². The average molecular weight is 732 g/mol. The van der Waals surface area contributed by atoms with Gasteiger partial charge < -0.3 is 4.90 Å². The molecule has 0 saturated carbocycles. The summed E-state index contributed by atoms with van der Waals surface area (Å²) in [6.45, 7) is 0. The highest BCUT2D eigenvalue weighted by atomic mass is 32.1. The van der Waals surface area contributed by atoms with Crippen LogP contribution in [0, 0.1) is 0 Å². The Hall–Kier alpha value is -7.00. The Bertz CT molecular complexity index is 2930. The van der Waals surface area contributed by atoms with Crippen LogP contribution in [-0.4, -0.2) is 0 Å². The molecule has 264 valence electrons. The lowest BCUT2D eigenvalue weighted by Crippen LogP contribution is -2.09. The molecular formula is C54H37NS. The molecule has 0 aliphatic heterocycles. The van der Waals surface area contributed by atoms with Crippen LogP contribution in [0.4, 0.5) is 17.1 Å². The van der Waals surface area contributed by atoms with E-state index in [1.165, 1.54) is 75.8 Å². The first-order chi connectivity index (χ1) is 27.7. The van der Waals surface area contributed by atoms with Gasteiger partial charge >= 0.3 is 0 Å². The van der Waals surface area contributed by atoms with Crippen LogP contribution in [-0.2, 0) is 0 Å². The molecule has 0 saturated heterocycles. The van der Waals surface area contributed by atoms with Gasteiger partial charge in [0.05, 0.1) is 0 Å². The molecule has 0 N–H and O–H groups in total. The van der Waals surface area contributed by atoms with Crippen molar-refractivity contribution in [3.8, 4) is 55.6 Å². The van der Waals surface area contributed by atoms with E-state index in [9.17, 15) is 0 Å². The zero-order chi connectivity index (χ0) is 37.3. The van der Waals surface area contributed by atoms with Crippen molar-refractivity contribution >= 4 is 48.6 Å². The van der Waals surface area contributed by atoms with E-state index in [4.69, 9.17) is 0 Å². The van der Waals surface area contributed by atoms with Gasteiger partial charge in [-0.25, -0.2) is 0 Å². The number of hydrogen-bond acceptors (Lipinski definition) is 2. The van der Waals surface area contributed by atoms with E-state index >= 15 is 0 Å². The third kappa shape index (κ3) is 6.47. The standard InChI is InChI=1S/C54H37NS/c1-3-12-38(13-4-1)39-22-29-46(30-23-39)55(48-33-26-42(27-34-48)50-19-8-7-18-49(50)41-14-5-2-6-15-41)47-31-24-40(25-32-47)43-16-11-17-44(36-43)45-28-35-52-51-20-9-10-21-53(51)56-54(52)37-45/h1-37H. The van der Waals surface area contributed by atoms with Gasteiger partial charge in [-0.1, -0.05) is 170 Å². The molecule has 0 amide bonds. The molecule has 0 atom stereocenters. The molecule has 0 aliphatic carbocycles. The number of anilines is 3. The highest BCUT2D eigenvalue weighted by Gasteiger charge is 2.15. The third-order valence-corrected chi connectivity index (χ3v) is 11.8. The van der Waals surface area contributed by atoms with E-state index in [-0.39, 0.29) is 0 Å². The van der Waals surface area contributed by atoms with Crippen LogP contribution in [0.15, 0.2) is 224 Å². The zero-order valence-corrected chi connectivity index (χ0v) is 31.5. The number of fused-ring (bicyclic) bond motifs is 3. The van der Waals surface area contributed by atoms with Gasteiger partial charge in [0.15, 0.2) is 0 Å². The predicted octanol–water partition coefficient (Wildman–Crippen LogP) is 15.9. The molecule has 10 rings (SSSR count). The van der Waals surface area contributed by atoms with E-state index in [2.05, 4.69) is 229 Å². The fourth-order valence-electron chi connectivity index (χ4n) is 7.86. The van der Waals surface area contributed by atoms with Crippen LogP contribution >= 0.6 is 11.3 Å². The summed E-state index contributed by atoms with van der Waals surface area (Å²) in [4.78, 5) is 2.35. The minimum atomic E-state index is 1.10. The van der Waals surface area contributed by atoms with E-state index in [1.807, 2.05) is 11.3 Å². The molecule has 1 heterocycles. The molecule has 0 bridgehead atoms. The van der Waals surface area contributed by atoms with Crippen molar-refractivity contribution in [3.05, 3.63) is 224 Å². The first-order valence-electron chi connectivity index (χ1n) is 19.1. The molecule has 0 fully saturated rings. The summed E-state index contributed by atoms with van der Waals surface area (Å²) >= 11 is 1.87. The van der Waals surface area contributed by atoms with Gasteiger partial charge in [-0.2, -0.15) is 0 Å². The van der Waals surface area contributed by atoms with Gasteiger partial charge in [0.2, 0.25) is 0 Å². The van der Waals surface area contributed by atoms with Crippen molar-refractivity contribution < 1.29 is 0 Å². The Labute approximate surface area is 332 Å². The van der Waals surface area contributed by atoms with Gasteiger partial charge in [0.1, 0.15) is 0 Å². The van der Waals surface area contributed by atoms with E-state index in [1.54, 1.807) is 0 Å². The van der Waals surface area contributed by atoms with Crippen LogP contribution in [0.1, 0.15) is 0 Å². The minimum Gasteiger partial charge on any atom is -0.311 e. The van der Waals surface area contributed by atoms with Crippen LogP contribution < -0.4 is 4.90 Å². The Balaban J connectivity index is 0.993. The summed E-state index contributed by atoms with van der Waals surface area (Å²) in [5, 5.41) is 2.66. The molecule has 1 aromatic heterocycles. The van der Waals surface area contributed by atoms with Crippen LogP contribution in [0.5, 0.6) is 0 Å². The lowest BCUT2D eigenvalue weighted by atomic mass is 9.94. The van der Waals surface area contributed by atoms with E-state index < -0.39 is 0 Å². The summed E-state index contributed by atoms with van der Waals surface area (Å²) in [5.41, 5.74) is 15.4. The maximum Gasteiger partial charge on any atom is 0.0462 e. The number of nitrogens with zero attached hydrogens (tertiary/aromatic N) is 1. The molecule has 0 spiro atoms. The van der Waals surface area contributed by atoms with Gasteiger partial charge in [-0.05, 0) is 110 Å². The zero-order valence-electron chi connectivity index (χ0n) is 30.7.